The summed E-state index contributed by atoms with van der Waals surface area (Å²) in [6, 6.07) is 0. The quantitative estimate of drug-likeness (QED) is 0.258. The van der Waals surface area contributed by atoms with E-state index in [0.29, 0.717) is 0 Å². The topological polar surface area (TPSA) is 158 Å². The number of methoxy groups -OCH3 is 1. The number of esters is 5. The molecular weight excluding hydrogens is 440 g/mol. The van der Waals surface area contributed by atoms with Gasteiger partial charge in [0.25, 0.3) is 0 Å². The molecule has 0 spiro atoms. The minimum absolute atomic E-state index is 0.490. The van der Waals surface area contributed by atoms with Crippen molar-refractivity contribution in [3.63, 3.8) is 0 Å². The van der Waals surface area contributed by atoms with E-state index in [1.807, 2.05) is 0 Å². The van der Waals surface area contributed by atoms with Crippen LogP contribution in [0.2, 0.25) is 0 Å². The molecule has 1 rings (SSSR count). The van der Waals surface area contributed by atoms with Gasteiger partial charge in [-0.3, -0.25) is 23.4 Å². The third-order valence-corrected chi connectivity index (χ3v) is 5.27. The first kappa shape index (κ1) is 26.2. The highest BCUT2D eigenvalue weighted by Gasteiger charge is 2.54. The molecule has 1 fully saturated rings. The fraction of sp³-hybridized carbons (Fsp3) is 0.611. The Hall–Kier alpha value is -2.80. The molecule has 1 saturated heterocycles. The third kappa shape index (κ3) is 7.43. The van der Waals surface area contributed by atoms with E-state index in [0.717, 1.165) is 34.8 Å². The molecule has 0 aromatic carbocycles. The van der Waals surface area contributed by atoms with Gasteiger partial charge in [0, 0.05) is 27.7 Å². The van der Waals surface area contributed by atoms with Crippen LogP contribution >= 0.6 is 0 Å². The Morgan fingerprint density at radius 1 is 0.839 bits per heavy atom. The molecule has 0 saturated carbocycles. The van der Waals surface area contributed by atoms with Gasteiger partial charge < -0.3 is 28.4 Å². The van der Waals surface area contributed by atoms with E-state index in [4.69, 9.17) is 23.7 Å². The Morgan fingerprint density at radius 2 is 1.32 bits per heavy atom. The second-order valence-electron chi connectivity index (χ2n) is 6.28. The van der Waals surface area contributed by atoms with Crippen LogP contribution in [0.25, 0.3) is 0 Å². The molecule has 1 aliphatic rings. The molecule has 1 unspecified atom stereocenters. The first-order valence-corrected chi connectivity index (χ1v) is 10.1. The lowest BCUT2D eigenvalue weighted by atomic mass is 9.99. The summed E-state index contributed by atoms with van der Waals surface area (Å²) in [6.07, 6.45) is -5.76. The molecule has 0 aliphatic carbocycles. The summed E-state index contributed by atoms with van der Waals surface area (Å²) < 4.78 is 43.6. The van der Waals surface area contributed by atoms with Crippen molar-refractivity contribution >= 4 is 40.6 Å². The standard InChI is InChI=1S/C18H24O12S/c1-8(17(23)25-6)31(24)18-16(29-12(5)22)15(28-11(4)21)14(27-10(3)20)13(30-18)7-26-9(2)19/h13-16,18H,1,7H2,2-6H3/t13-,14-,15+,16-,18+,31?/m1/s1. The highest BCUT2D eigenvalue weighted by Crippen LogP contribution is 2.32. The number of carbonyl (C=O) groups is 5. The van der Waals surface area contributed by atoms with Crippen molar-refractivity contribution in [2.45, 2.75) is 57.5 Å². The van der Waals surface area contributed by atoms with Crippen molar-refractivity contribution in [2.24, 2.45) is 0 Å². The van der Waals surface area contributed by atoms with Crippen molar-refractivity contribution in [2.75, 3.05) is 13.7 Å². The zero-order valence-electron chi connectivity index (χ0n) is 17.6. The second-order valence-corrected chi connectivity index (χ2v) is 7.83. The van der Waals surface area contributed by atoms with Gasteiger partial charge in [0.2, 0.25) is 0 Å². The van der Waals surface area contributed by atoms with Crippen LogP contribution < -0.4 is 0 Å². The monoisotopic (exact) mass is 464 g/mol. The third-order valence-electron chi connectivity index (χ3n) is 3.82. The number of ether oxygens (including phenoxy) is 6. The number of hydrogen-bond donors (Lipinski definition) is 0. The minimum Gasteiger partial charge on any atom is -0.465 e. The smallest absolute Gasteiger partial charge is 0.346 e. The average molecular weight is 464 g/mol. The molecule has 174 valence electrons. The molecule has 0 bridgehead atoms. The van der Waals surface area contributed by atoms with Crippen LogP contribution in [0.4, 0.5) is 0 Å². The Bertz CT molecular complexity index is 776. The van der Waals surface area contributed by atoms with E-state index in [-0.39, 0.29) is 0 Å². The maximum absolute atomic E-state index is 13.0. The van der Waals surface area contributed by atoms with E-state index in [1.54, 1.807) is 0 Å². The van der Waals surface area contributed by atoms with Crippen molar-refractivity contribution in [1.29, 1.82) is 0 Å². The molecule has 1 heterocycles. The lowest BCUT2D eigenvalue weighted by Gasteiger charge is -2.43. The van der Waals surface area contributed by atoms with E-state index in [2.05, 4.69) is 11.3 Å². The van der Waals surface area contributed by atoms with Crippen LogP contribution in [0.3, 0.4) is 0 Å². The molecule has 0 aromatic rings. The van der Waals surface area contributed by atoms with Gasteiger partial charge in [0.05, 0.1) is 17.9 Å². The fourth-order valence-corrected chi connectivity index (χ4v) is 3.92. The molecule has 0 N–H and O–H groups in total. The summed E-state index contributed by atoms with van der Waals surface area (Å²) in [5, 5.41) is 0. The van der Waals surface area contributed by atoms with Gasteiger partial charge in [-0.1, -0.05) is 6.58 Å². The highest BCUT2D eigenvalue weighted by molar-refractivity contribution is 7.90. The molecule has 0 aromatic heterocycles. The van der Waals surface area contributed by atoms with Gasteiger partial charge in [-0.15, -0.1) is 0 Å². The highest BCUT2D eigenvalue weighted by atomic mass is 32.2. The molecule has 0 amide bonds. The lowest BCUT2D eigenvalue weighted by Crippen LogP contribution is -2.63. The summed E-state index contributed by atoms with van der Waals surface area (Å²) in [6.45, 7) is 7.17. The fourth-order valence-electron chi connectivity index (χ4n) is 2.70. The van der Waals surface area contributed by atoms with Crippen molar-refractivity contribution in [1.82, 2.24) is 0 Å². The zero-order chi connectivity index (χ0) is 23.9. The van der Waals surface area contributed by atoms with Crippen LogP contribution in [0.15, 0.2) is 11.5 Å². The Kier molecular flexibility index (Phi) is 9.78. The van der Waals surface area contributed by atoms with Crippen LogP contribution in [-0.2, 0) is 63.2 Å². The molecule has 0 radical (unpaired) electrons. The van der Waals surface area contributed by atoms with Gasteiger partial charge in [-0.05, 0) is 0 Å². The van der Waals surface area contributed by atoms with Crippen LogP contribution in [-0.4, -0.2) is 77.6 Å². The molecule has 6 atom stereocenters. The summed E-state index contributed by atoms with van der Waals surface area (Å²) in [4.78, 5) is 57.6. The first-order chi connectivity index (χ1) is 14.4. The van der Waals surface area contributed by atoms with Gasteiger partial charge in [0.1, 0.15) is 17.6 Å². The van der Waals surface area contributed by atoms with E-state index < -0.39 is 82.0 Å². The zero-order valence-corrected chi connectivity index (χ0v) is 18.4. The van der Waals surface area contributed by atoms with Crippen LogP contribution in [0.5, 0.6) is 0 Å². The van der Waals surface area contributed by atoms with Gasteiger partial charge in [0.15, 0.2) is 23.7 Å². The Morgan fingerprint density at radius 3 is 1.77 bits per heavy atom. The van der Waals surface area contributed by atoms with Crippen molar-refractivity contribution in [3.8, 4) is 0 Å². The van der Waals surface area contributed by atoms with E-state index >= 15 is 0 Å². The SMILES string of the molecule is C=C(C(=O)OC)S(=O)[C@@H]1O[C@H](COC(C)=O)[C@@H](OC(C)=O)[C@H](OC(C)=O)[C@H]1OC(C)=O. The maximum atomic E-state index is 13.0. The summed E-state index contributed by atoms with van der Waals surface area (Å²) in [5.41, 5.74) is -1.60. The largest absolute Gasteiger partial charge is 0.465 e. The number of hydrogen-bond acceptors (Lipinski definition) is 12. The van der Waals surface area contributed by atoms with Crippen molar-refractivity contribution < 1.29 is 56.6 Å². The predicted molar refractivity (Wildman–Crippen MR) is 101 cm³/mol. The summed E-state index contributed by atoms with van der Waals surface area (Å²) >= 11 is 0. The van der Waals surface area contributed by atoms with Gasteiger partial charge in [-0.25, -0.2) is 4.79 Å². The molecular formula is C18H24O12S. The number of carbonyl (C=O) groups excluding carboxylic acids is 5. The van der Waals surface area contributed by atoms with E-state index in [9.17, 15) is 28.2 Å². The predicted octanol–water partition coefficient (Wildman–Crippen LogP) is -0.495. The summed E-state index contributed by atoms with van der Waals surface area (Å²) in [7, 11) is -1.33. The van der Waals surface area contributed by atoms with Gasteiger partial charge in [-0.2, -0.15) is 0 Å². The lowest BCUT2D eigenvalue weighted by molar-refractivity contribution is -0.238. The van der Waals surface area contributed by atoms with Gasteiger partial charge >= 0.3 is 29.8 Å². The first-order valence-electron chi connectivity index (χ1n) is 8.87. The Labute approximate surface area is 180 Å². The van der Waals surface area contributed by atoms with Crippen molar-refractivity contribution in [3.05, 3.63) is 11.5 Å². The molecule has 12 nitrogen and oxygen atoms in total. The maximum Gasteiger partial charge on any atom is 0.346 e. The molecule has 31 heavy (non-hydrogen) atoms. The van der Waals surface area contributed by atoms with E-state index in [1.165, 1.54) is 0 Å². The summed E-state index contributed by atoms with van der Waals surface area (Å²) in [5.74, 6) is -4.24. The molecule has 13 heteroatoms. The normalized spacial score (nSPS) is 26.0. The van der Waals surface area contributed by atoms with Crippen LogP contribution in [0, 0.1) is 0 Å². The second kappa shape index (κ2) is 11.6. The minimum atomic E-state index is -2.37. The molecule has 1 aliphatic heterocycles. The average Bonchev–Trinajstić information content (AvgIpc) is 2.66. The Balaban J connectivity index is 3.49. The number of rotatable bonds is 8. The van der Waals surface area contributed by atoms with Crippen LogP contribution in [0.1, 0.15) is 27.7 Å².